The van der Waals surface area contributed by atoms with Crippen LogP contribution in [0.3, 0.4) is 0 Å². The molecule has 0 aliphatic carbocycles. The molecule has 0 N–H and O–H groups in total. The zero-order valence-electron chi connectivity index (χ0n) is 16.1. The van der Waals surface area contributed by atoms with Crippen LogP contribution >= 0.6 is 0 Å². The van der Waals surface area contributed by atoms with Crippen LogP contribution in [0.25, 0.3) is 11.1 Å². The fourth-order valence-corrected chi connectivity index (χ4v) is 3.70. The highest BCUT2D eigenvalue weighted by molar-refractivity contribution is 5.98. The van der Waals surface area contributed by atoms with Crippen LogP contribution in [-0.4, -0.2) is 34.7 Å². The number of hydrogen-bond acceptors (Lipinski definition) is 4. The average molecular weight is 376 g/mol. The number of ketones is 1. The summed E-state index contributed by atoms with van der Waals surface area (Å²) in [7, 11) is 0. The number of piperidine rings is 1. The van der Waals surface area contributed by atoms with Crippen molar-refractivity contribution in [3.05, 3.63) is 65.5 Å². The smallest absolute Gasteiger partial charge is 0.223 e. The van der Waals surface area contributed by atoms with Crippen molar-refractivity contribution in [2.24, 2.45) is 0 Å². The summed E-state index contributed by atoms with van der Waals surface area (Å²) in [5, 5.41) is 0. The average Bonchev–Trinajstić information content (AvgIpc) is 3.16. The van der Waals surface area contributed by atoms with Gasteiger partial charge >= 0.3 is 0 Å². The minimum Gasteiger partial charge on any atom is -0.440 e. The Morgan fingerprint density at radius 1 is 1.04 bits per heavy atom. The van der Waals surface area contributed by atoms with Gasteiger partial charge in [0, 0.05) is 37.4 Å². The van der Waals surface area contributed by atoms with Gasteiger partial charge in [0.05, 0.1) is 0 Å². The molecule has 0 radical (unpaired) electrons. The molecule has 5 nitrogen and oxygen atoms in total. The molecular formula is C23H24N2O3. The minimum absolute atomic E-state index is 0.0229. The Hall–Kier alpha value is -2.95. The fourth-order valence-electron chi connectivity index (χ4n) is 3.70. The SMILES string of the molecule is Cc1ccc(C(=O)CCC(=O)N2CCC(c3nc4ccccc4o3)CC2)cc1. The van der Waals surface area contributed by atoms with E-state index in [9.17, 15) is 9.59 Å². The Balaban J connectivity index is 1.29. The van der Waals surface area contributed by atoms with E-state index < -0.39 is 0 Å². The largest absolute Gasteiger partial charge is 0.440 e. The molecule has 0 spiro atoms. The molecule has 1 fully saturated rings. The number of carbonyl (C=O) groups is 2. The first kappa shape index (κ1) is 18.4. The molecule has 2 heterocycles. The van der Waals surface area contributed by atoms with Gasteiger partial charge in [-0.05, 0) is 31.9 Å². The number of aryl methyl sites for hydroxylation is 1. The molecule has 0 bridgehead atoms. The maximum Gasteiger partial charge on any atom is 0.223 e. The highest BCUT2D eigenvalue weighted by Gasteiger charge is 2.27. The minimum atomic E-state index is 0.0229. The number of fused-ring (bicyclic) bond motifs is 1. The van der Waals surface area contributed by atoms with E-state index >= 15 is 0 Å². The quantitative estimate of drug-likeness (QED) is 0.615. The van der Waals surface area contributed by atoms with Crippen molar-refractivity contribution in [3.8, 4) is 0 Å². The molecule has 144 valence electrons. The number of para-hydroxylation sites is 2. The van der Waals surface area contributed by atoms with E-state index in [0.717, 1.165) is 35.4 Å². The number of Topliss-reactive ketones (excluding diaryl/α,β-unsaturated/α-hetero) is 1. The molecule has 2 aromatic carbocycles. The van der Waals surface area contributed by atoms with Gasteiger partial charge in [0.15, 0.2) is 17.3 Å². The number of hydrogen-bond donors (Lipinski definition) is 0. The molecule has 28 heavy (non-hydrogen) atoms. The van der Waals surface area contributed by atoms with E-state index in [1.54, 1.807) is 0 Å². The number of oxazole rings is 1. The van der Waals surface area contributed by atoms with E-state index in [1.165, 1.54) is 0 Å². The van der Waals surface area contributed by atoms with E-state index in [2.05, 4.69) is 4.98 Å². The van der Waals surface area contributed by atoms with Crippen LogP contribution in [0.5, 0.6) is 0 Å². The van der Waals surface area contributed by atoms with Crippen LogP contribution < -0.4 is 0 Å². The number of aromatic nitrogens is 1. The van der Waals surface area contributed by atoms with Gasteiger partial charge in [0.1, 0.15) is 5.52 Å². The molecular weight excluding hydrogens is 352 g/mol. The number of likely N-dealkylation sites (tertiary alicyclic amines) is 1. The molecule has 1 aliphatic rings. The molecule has 1 aliphatic heterocycles. The number of rotatable bonds is 5. The third-order valence-electron chi connectivity index (χ3n) is 5.45. The van der Waals surface area contributed by atoms with Crippen LogP contribution in [0.2, 0.25) is 0 Å². The number of amides is 1. The zero-order chi connectivity index (χ0) is 19.5. The lowest BCUT2D eigenvalue weighted by Crippen LogP contribution is -2.38. The monoisotopic (exact) mass is 376 g/mol. The summed E-state index contributed by atoms with van der Waals surface area (Å²) in [4.78, 5) is 31.2. The second-order valence-corrected chi connectivity index (χ2v) is 7.46. The van der Waals surface area contributed by atoms with Crippen LogP contribution in [0.1, 0.15) is 53.4 Å². The summed E-state index contributed by atoms with van der Waals surface area (Å²) in [5.74, 6) is 1.08. The van der Waals surface area contributed by atoms with Gasteiger partial charge in [0.25, 0.3) is 0 Å². The predicted molar refractivity (Wildman–Crippen MR) is 107 cm³/mol. The van der Waals surface area contributed by atoms with E-state index in [0.29, 0.717) is 18.7 Å². The highest BCUT2D eigenvalue weighted by atomic mass is 16.3. The van der Waals surface area contributed by atoms with Crippen LogP contribution in [0.15, 0.2) is 52.9 Å². The van der Waals surface area contributed by atoms with E-state index in [1.807, 2.05) is 60.4 Å². The second-order valence-electron chi connectivity index (χ2n) is 7.46. The maximum atomic E-state index is 12.5. The molecule has 1 amide bonds. The van der Waals surface area contributed by atoms with Crippen molar-refractivity contribution >= 4 is 22.8 Å². The van der Waals surface area contributed by atoms with Gasteiger partial charge in [0.2, 0.25) is 5.91 Å². The molecule has 4 rings (SSSR count). The molecule has 0 unspecified atom stereocenters. The van der Waals surface area contributed by atoms with Gasteiger partial charge in [-0.2, -0.15) is 0 Å². The molecule has 1 saturated heterocycles. The van der Waals surface area contributed by atoms with Crippen LogP contribution in [0.4, 0.5) is 0 Å². The first-order valence-electron chi connectivity index (χ1n) is 9.83. The lowest BCUT2D eigenvalue weighted by atomic mass is 9.96. The lowest BCUT2D eigenvalue weighted by Gasteiger charge is -2.30. The van der Waals surface area contributed by atoms with E-state index in [4.69, 9.17) is 4.42 Å². The van der Waals surface area contributed by atoms with Crippen molar-refractivity contribution in [2.75, 3.05) is 13.1 Å². The summed E-state index contributed by atoms with van der Waals surface area (Å²) in [6.45, 7) is 3.35. The predicted octanol–water partition coefficient (Wildman–Crippen LogP) is 4.51. The van der Waals surface area contributed by atoms with Gasteiger partial charge in [-0.3, -0.25) is 9.59 Å². The molecule has 0 atom stereocenters. The van der Waals surface area contributed by atoms with Gasteiger partial charge in [-0.1, -0.05) is 42.0 Å². The number of carbonyl (C=O) groups excluding carboxylic acids is 2. The zero-order valence-corrected chi connectivity index (χ0v) is 16.1. The Morgan fingerprint density at radius 2 is 1.75 bits per heavy atom. The lowest BCUT2D eigenvalue weighted by molar-refractivity contribution is -0.132. The second kappa shape index (κ2) is 7.97. The Labute approximate surface area is 164 Å². The Bertz CT molecular complexity index is 950. The standard InChI is InChI=1S/C23H24N2O3/c1-16-6-8-17(9-7-16)20(26)10-11-22(27)25-14-12-18(13-15-25)23-24-19-4-2-3-5-21(19)28-23/h2-9,18H,10-15H2,1H3. The topological polar surface area (TPSA) is 63.4 Å². The first-order chi connectivity index (χ1) is 13.6. The Kier molecular flexibility index (Phi) is 5.24. The molecule has 5 heteroatoms. The molecule has 1 aromatic heterocycles. The van der Waals surface area contributed by atoms with Gasteiger partial charge in [-0.25, -0.2) is 4.98 Å². The highest BCUT2D eigenvalue weighted by Crippen LogP contribution is 2.30. The van der Waals surface area contributed by atoms with Crippen LogP contribution in [-0.2, 0) is 4.79 Å². The summed E-state index contributed by atoms with van der Waals surface area (Å²) >= 11 is 0. The van der Waals surface area contributed by atoms with Crippen LogP contribution in [0, 0.1) is 6.92 Å². The summed E-state index contributed by atoms with van der Waals surface area (Å²) in [6, 6.07) is 15.3. The van der Waals surface area contributed by atoms with Crippen molar-refractivity contribution in [1.29, 1.82) is 0 Å². The van der Waals surface area contributed by atoms with Crippen molar-refractivity contribution < 1.29 is 14.0 Å². The molecule has 3 aromatic rings. The van der Waals surface area contributed by atoms with Crippen molar-refractivity contribution in [3.63, 3.8) is 0 Å². The maximum absolute atomic E-state index is 12.5. The van der Waals surface area contributed by atoms with Crippen molar-refractivity contribution in [2.45, 2.75) is 38.5 Å². The fraction of sp³-hybridized carbons (Fsp3) is 0.348. The number of benzene rings is 2. The summed E-state index contributed by atoms with van der Waals surface area (Å²) in [6.07, 6.45) is 2.20. The van der Waals surface area contributed by atoms with Crippen molar-refractivity contribution in [1.82, 2.24) is 9.88 Å². The third-order valence-corrected chi connectivity index (χ3v) is 5.45. The van der Waals surface area contributed by atoms with E-state index in [-0.39, 0.29) is 30.4 Å². The molecule has 0 saturated carbocycles. The third kappa shape index (κ3) is 3.98. The first-order valence-corrected chi connectivity index (χ1v) is 9.83. The Morgan fingerprint density at radius 3 is 2.46 bits per heavy atom. The number of nitrogens with zero attached hydrogens (tertiary/aromatic N) is 2. The van der Waals surface area contributed by atoms with Gasteiger partial charge < -0.3 is 9.32 Å². The summed E-state index contributed by atoms with van der Waals surface area (Å²) in [5.41, 5.74) is 3.48. The normalized spacial score (nSPS) is 15.1. The van der Waals surface area contributed by atoms with Gasteiger partial charge in [-0.15, -0.1) is 0 Å². The summed E-state index contributed by atoms with van der Waals surface area (Å²) < 4.78 is 5.88.